The summed E-state index contributed by atoms with van der Waals surface area (Å²) in [7, 11) is 1.58. The van der Waals surface area contributed by atoms with Crippen molar-refractivity contribution in [1.82, 2.24) is 10.2 Å². The number of nitrogens with zero attached hydrogens (tertiary/aromatic N) is 1. The van der Waals surface area contributed by atoms with Crippen LogP contribution in [0.3, 0.4) is 0 Å². The van der Waals surface area contributed by atoms with Gasteiger partial charge in [-0.1, -0.05) is 6.07 Å². The van der Waals surface area contributed by atoms with E-state index in [-0.39, 0.29) is 13.2 Å². The van der Waals surface area contributed by atoms with Crippen molar-refractivity contribution >= 4 is 11.9 Å². The number of rotatable bonds is 11. The first-order valence-electron chi connectivity index (χ1n) is 12.5. The first-order chi connectivity index (χ1) is 16.9. The number of nitrogens with one attached hydrogen (secondary N) is 1. The molecule has 0 amide bonds. The second-order valence-corrected chi connectivity index (χ2v) is 8.74. The van der Waals surface area contributed by atoms with Crippen LogP contribution in [-0.4, -0.2) is 63.4 Å². The van der Waals surface area contributed by atoms with E-state index in [9.17, 15) is 9.59 Å². The normalized spacial score (nSPS) is 16.8. The van der Waals surface area contributed by atoms with Gasteiger partial charge >= 0.3 is 11.9 Å². The maximum atomic E-state index is 13.0. The molecule has 2 aliphatic heterocycles. The van der Waals surface area contributed by atoms with Gasteiger partial charge in [-0.3, -0.25) is 0 Å². The molecule has 0 bridgehead atoms. The van der Waals surface area contributed by atoms with E-state index in [1.54, 1.807) is 34.8 Å². The molecule has 2 heterocycles. The van der Waals surface area contributed by atoms with Crippen molar-refractivity contribution in [2.45, 2.75) is 52.9 Å². The lowest BCUT2D eigenvalue weighted by molar-refractivity contribution is -0.139. The zero-order valence-electron chi connectivity index (χ0n) is 21.6. The van der Waals surface area contributed by atoms with Crippen LogP contribution in [0.1, 0.15) is 58.4 Å². The van der Waals surface area contributed by atoms with Crippen LogP contribution in [0.2, 0.25) is 0 Å². The monoisotopic (exact) mass is 486 g/mol. The molecule has 35 heavy (non-hydrogen) atoms. The molecule has 0 saturated carbocycles. The minimum Gasteiger partial charge on any atom is -0.493 e. The molecular formula is C27H38N2O6. The van der Waals surface area contributed by atoms with Gasteiger partial charge in [0.05, 0.1) is 44.0 Å². The number of carbonyl (C=O) groups excluding carboxylic acids is 2. The minimum atomic E-state index is -0.660. The Bertz CT molecular complexity index is 938. The van der Waals surface area contributed by atoms with E-state index in [1.807, 2.05) is 18.2 Å². The number of carbonyl (C=O) groups is 2. The first-order valence-corrected chi connectivity index (χ1v) is 12.5. The summed E-state index contributed by atoms with van der Waals surface area (Å²) in [5.41, 5.74) is 2.75. The van der Waals surface area contributed by atoms with Gasteiger partial charge in [-0.25, -0.2) is 9.59 Å². The second kappa shape index (κ2) is 12.6. The highest BCUT2D eigenvalue weighted by molar-refractivity contribution is 6.00. The van der Waals surface area contributed by atoms with E-state index in [4.69, 9.17) is 18.9 Å². The fraction of sp³-hybridized carbons (Fsp3) is 0.556. The summed E-state index contributed by atoms with van der Waals surface area (Å²) in [5, 5.41) is 3.15. The average molecular weight is 487 g/mol. The molecular weight excluding hydrogens is 448 g/mol. The van der Waals surface area contributed by atoms with Crippen LogP contribution in [0.25, 0.3) is 0 Å². The van der Waals surface area contributed by atoms with Gasteiger partial charge in [0.1, 0.15) is 0 Å². The summed E-state index contributed by atoms with van der Waals surface area (Å²) in [6.45, 7) is 11.5. The Morgan fingerprint density at radius 2 is 1.57 bits per heavy atom. The third-order valence-corrected chi connectivity index (χ3v) is 6.35. The highest BCUT2D eigenvalue weighted by Gasteiger charge is 2.38. The Hall–Kier alpha value is -3.00. The molecule has 8 nitrogen and oxygen atoms in total. The van der Waals surface area contributed by atoms with Crippen LogP contribution < -0.4 is 14.8 Å². The summed E-state index contributed by atoms with van der Waals surface area (Å²) < 4.78 is 22.3. The SMILES string of the molecule is CCOC(=O)C1=C(C)NC(C)=C(C(=O)OCC)C1c1ccc(OCCCN2CCCC2)c(OC)c1. The molecule has 1 aromatic rings. The molecule has 1 fully saturated rings. The zero-order valence-corrected chi connectivity index (χ0v) is 21.6. The first kappa shape index (κ1) is 26.6. The molecule has 8 heteroatoms. The van der Waals surface area contributed by atoms with E-state index in [0.29, 0.717) is 40.6 Å². The quantitative estimate of drug-likeness (QED) is 0.372. The van der Waals surface area contributed by atoms with E-state index >= 15 is 0 Å². The summed E-state index contributed by atoms with van der Waals surface area (Å²) >= 11 is 0. The van der Waals surface area contributed by atoms with Gasteiger partial charge in [0.15, 0.2) is 11.5 Å². The Labute approximate surface area is 208 Å². The molecule has 3 rings (SSSR count). The maximum absolute atomic E-state index is 13.0. The molecule has 0 spiro atoms. The van der Waals surface area contributed by atoms with Crippen LogP contribution in [-0.2, 0) is 19.1 Å². The van der Waals surface area contributed by atoms with Crippen LogP contribution in [0.15, 0.2) is 40.7 Å². The predicted molar refractivity (Wildman–Crippen MR) is 133 cm³/mol. The topological polar surface area (TPSA) is 86.3 Å². The lowest BCUT2D eigenvalue weighted by Gasteiger charge is -2.30. The maximum Gasteiger partial charge on any atom is 0.336 e. The Morgan fingerprint density at radius 1 is 0.971 bits per heavy atom. The molecule has 1 aromatic carbocycles. The minimum absolute atomic E-state index is 0.229. The van der Waals surface area contributed by atoms with E-state index < -0.39 is 17.9 Å². The molecule has 0 radical (unpaired) electrons. The van der Waals surface area contributed by atoms with Crippen LogP contribution in [0.4, 0.5) is 0 Å². The predicted octanol–water partition coefficient (Wildman–Crippen LogP) is 3.92. The largest absolute Gasteiger partial charge is 0.493 e. The number of hydrogen-bond donors (Lipinski definition) is 1. The van der Waals surface area contributed by atoms with Crippen molar-refractivity contribution < 1.29 is 28.5 Å². The van der Waals surface area contributed by atoms with E-state index in [0.717, 1.165) is 18.5 Å². The van der Waals surface area contributed by atoms with Crippen molar-refractivity contribution in [2.75, 3.05) is 46.6 Å². The number of hydrogen-bond acceptors (Lipinski definition) is 8. The van der Waals surface area contributed by atoms with Crippen molar-refractivity contribution in [3.63, 3.8) is 0 Å². The van der Waals surface area contributed by atoms with Crippen LogP contribution >= 0.6 is 0 Å². The molecule has 0 unspecified atom stereocenters. The second-order valence-electron chi connectivity index (χ2n) is 8.74. The molecule has 0 atom stereocenters. The number of allylic oxidation sites excluding steroid dienone is 2. The summed E-state index contributed by atoms with van der Waals surface area (Å²) in [5.74, 6) is -0.434. The number of benzene rings is 1. The standard InChI is InChI=1S/C27H38N2O6/c1-6-33-26(30)23-18(3)28-19(4)24(27(31)34-7-2)25(23)20-11-12-21(22(17-20)32-5)35-16-10-15-29-13-8-9-14-29/h11-12,17,25,28H,6-10,13-16H2,1-5H3. The van der Waals surface area contributed by atoms with Crippen LogP contribution in [0, 0.1) is 0 Å². The molecule has 0 aliphatic carbocycles. The number of methoxy groups -OCH3 is 1. The smallest absolute Gasteiger partial charge is 0.336 e. The van der Waals surface area contributed by atoms with E-state index in [2.05, 4.69) is 10.2 Å². The number of dihydropyridines is 1. The van der Waals surface area contributed by atoms with E-state index in [1.165, 1.54) is 25.9 Å². The molecule has 1 saturated heterocycles. The Morgan fingerprint density at radius 3 is 2.11 bits per heavy atom. The zero-order chi connectivity index (χ0) is 25.4. The molecule has 2 aliphatic rings. The van der Waals surface area contributed by atoms with Gasteiger partial charge in [-0.2, -0.15) is 0 Å². The van der Waals surface area contributed by atoms with Crippen molar-refractivity contribution in [2.24, 2.45) is 0 Å². The van der Waals surface area contributed by atoms with Crippen molar-refractivity contribution in [3.05, 3.63) is 46.3 Å². The van der Waals surface area contributed by atoms with Gasteiger partial charge in [0, 0.05) is 17.9 Å². The average Bonchev–Trinajstić information content (AvgIpc) is 3.35. The number of ether oxygens (including phenoxy) is 4. The Balaban J connectivity index is 1.90. The van der Waals surface area contributed by atoms with Gasteiger partial charge in [0.2, 0.25) is 0 Å². The Kier molecular flexibility index (Phi) is 9.60. The van der Waals surface area contributed by atoms with Gasteiger partial charge in [0.25, 0.3) is 0 Å². The summed E-state index contributed by atoms with van der Waals surface area (Å²) in [6.07, 6.45) is 3.48. The van der Waals surface area contributed by atoms with Gasteiger partial charge < -0.3 is 29.2 Å². The highest BCUT2D eigenvalue weighted by Crippen LogP contribution is 2.42. The van der Waals surface area contributed by atoms with Crippen molar-refractivity contribution in [1.29, 1.82) is 0 Å². The molecule has 1 N–H and O–H groups in total. The lowest BCUT2D eigenvalue weighted by Crippen LogP contribution is -2.32. The van der Waals surface area contributed by atoms with Crippen LogP contribution in [0.5, 0.6) is 11.5 Å². The highest BCUT2D eigenvalue weighted by atomic mass is 16.5. The summed E-state index contributed by atoms with van der Waals surface area (Å²) in [6, 6.07) is 5.53. The number of esters is 2. The third-order valence-electron chi connectivity index (χ3n) is 6.35. The third kappa shape index (κ3) is 6.36. The lowest BCUT2D eigenvalue weighted by atomic mass is 9.80. The number of likely N-dealkylation sites (tertiary alicyclic amines) is 1. The molecule has 0 aromatic heterocycles. The fourth-order valence-electron chi connectivity index (χ4n) is 4.75. The van der Waals surface area contributed by atoms with Gasteiger partial charge in [-0.05, 0) is 77.7 Å². The fourth-order valence-corrected chi connectivity index (χ4v) is 4.75. The van der Waals surface area contributed by atoms with Crippen molar-refractivity contribution in [3.8, 4) is 11.5 Å². The molecule has 192 valence electrons. The summed E-state index contributed by atoms with van der Waals surface area (Å²) in [4.78, 5) is 28.4. The van der Waals surface area contributed by atoms with Gasteiger partial charge in [-0.15, -0.1) is 0 Å².